The van der Waals surface area contributed by atoms with Crippen LogP contribution in [0.5, 0.6) is 5.75 Å². The molecule has 0 amide bonds. The Morgan fingerprint density at radius 1 is 1.41 bits per heavy atom. The molecule has 0 bridgehead atoms. The lowest BCUT2D eigenvalue weighted by Gasteiger charge is -2.14. The van der Waals surface area contributed by atoms with E-state index < -0.39 is 0 Å². The number of nitrogens with one attached hydrogen (secondary N) is 1. The second-order valence-corrected chi connectivity index (χ2v) is 4.75. The summed E-state index contributed by atoms with van der Waals surface area (Å²) in [4.78, 5) is 0. The van der Waals surface area contributed by atoms with Crippen LogP contribution in [0.3, 0.4) is 0 Å². The average molecular weight is 274 g/mol. The molecule has 1 aromatic carbocycles. The monoisotopic (exact) mass is 273 g/mol. The van der Waals surface area contributed by atoms with Gasteiger partial charge in [-0.15, -0.1) is 0 Å². The van der Waals surface area contributed by atoms with Gasteiger partial charge in [0.25, 0.3) is 0 Å². The van der Waals surface area contributed by atoms with E-state index in [1.54, 1.807) is 6.07 Å². The summed E-state index contributed by atoms with van der Waals surface area (Å²) >= 11 is 12.1. The molecule has 17 heavy (non-hydrogen) atoms. The van der Waals surface area contributed by atoms with Crippen molar-refractivity contribution in [3.8, 4) is 5.75 Å². The highest BCUT2D eigenvalue weighted by atomic mass is 35.5. The van der Waals surface area contributed by atoms with Crippen molar-refractivity contribution < 1.29 is 4.74 Å². The molecule has 0 aromatic heterocycles. The highest BCUT2D eigenvalue weighted by Crippen LogP contribution is 2.32. The van der Waals surface area contributed by atoms with Crippen molar-refractivity contribution in [2.45, 2.75) is 20.4 Å². The van der Waals surface area contributed by atoms with Gasteiger partial charge in [-0.1, -0.05) is 36.7 Å². The summed E-state index contributed by atoms with van der Waals surface area (Å²) in [5.74, 6) is 0.681. The first-order valence-electron chi connectivity index (χ1n) is 5.50. The van der Waals surface area contributed by atoms with E-state index in [4.69, 9.17) is 27.9 Å². The fourth-order valence-corrected chi connectivity index (χ4v) is 1.95. The number of rotatable bonds is 6. The summed E-state index contributed by atoms with van der Waals surface area (Å²) in [6, 6.07) is 3.55. The van der Waals surface area contributed by atoms with Crippen LogP contribution < -0.4 is 10.1 Å². The van der Waals surface area contributed by atoms with E-state index in [1.165, 1.54) is 0 Å². The first-order chi connectivity index (χ1) is 8.04. The van der Waals surface area contributed by atoms with Crippen LogP contribution in [-0.2, 0) is 6.54 Å². The number of ether oxygens (including phenoxy) is 1. The molecule has 0 aliphatic carbocycles. The van der Waals surface area contributed by atoms with Crippen LogP contribution in [0.2, 0.25) is 10.0 Å². The largest absolute Gasteiger partial charge is 0.487 e. The van der Waals surface area contributed by atoms with Crippen LogP contribution in [0, 0.1) is 0 Å². The van der Waals surface area contributed by atoms with Crippen molar-refractivity contribution in [3.63, 3.8) is 0 Å². The lowest BCUT2D eigenvalue weighted by molar-refractivity contribution is 0.348. The minimum atomic E-state index is 0.459. The molecule has 0 atom stereocenters. The van der Waals surface area contributed by atoms with Crippen molar-refractivity contribution in [2.75, 3.05) is 13.2 Å². The Morgan fingerprint density at radius 3 is 2.71 bits per heavy atom. The lowest BCUT2D eigenvalue weighted by atomic mass is 10.2. The summed E-state index contributed by atoms with van der Waals surface area (Å²) in [5.41, 5.74) is 1.91. The fraction of sp³-hybridized carbons (Fsp3) is 0.385. The van der Waals surface area contributed by atoms with Crippen molar-refractivity contribution >= 4 is 23.2 Å². The minimum Gasteiger partial charge on any atom is -0.487 e. The third-order valence-corrected chi connectivity index (χ3v) is 2.61. The van der Waals surface area contributed by atoms with Gasteiger partial charge in [0.05, 0.1) is 5.02 Å². The first-order valence-corrected chi connectivity index (χ1v) is 6.26. The first kappa shape index (κ1) is 14.4. The summed E-state index contributed by atoms with van der Waals surface area (Å²) in [5, 5.41) is 4.38. The predicted octanol–water partition coefficient (Wildman–Crippen LogP) is 4.06. The molecule has 1 rings (SSSR count). The van der Waals surface area contributed by atoms with Crippen LogP contribution in [0.4, 0.5) is 0 Å². The van der Waals surface area contributed by atoms with E-state index in [1.807, 2.05) is 19.9 Å². The molecule has 0 spiro atoms. The van der Waals surface area contributed by atoms with Gasteiger partial charge in [0, 0.05) is 17.1 Å². The summed E-state index contributed by atoms with van der Waals surface area (Å²) in [6.07, 6.45) is 0. The van der Waals surface area contributed by atoms with Crippen LogP contribution in [0.15, 0.2) is 24.3 Å². The molecular weight excluding hydrogens is 257 g/mol. The second kappa shape index (κ2) is 6.90. The van der Waals surface area contributed by atoms with Gasteiger partial charge in [-0.25, -0.2) is 0 Å². The van der Waals surface area contributed by atoms with Gasteiger partial charge in [-0.05, 0) is 31.2 Å². The number of halogens is 2. The van der Waals surface area contributed by atoms with Crippen LogP contribution >= 0.6 is 23.2 Å². The number of benzene rings is 1. The van der Waals surface area contributed by atoms with Crippen LogP contribution in [0.25, 0.3) is 0 Å². The normalized spacial score (nSPS) is 10.4. The van der Waals surface area contributed by atoms with Gasteiger partial charge in [-0.2, -0.15) is 0 Å². The third kappa shape index (κ3) is 4.58. The Morgan fingerprint density at radius 2 is 2.12 bits per heavy atom. The van der Waals surface area contributed by atoms with Crippen molar-refractivity contribution in [2.24, 2.45) is 0 Å². The van der Waals surface area contributed by atoms with Crippen LogP contribution in [0.1, 0.15) is 19.4 Å². The van der Waals surface area contributed by atoms with E-state index in [2.05, 4.69) is 11.9 Å². The second-order valence-electron chi connectivity index (χ2n) is 3.90. The highest BCUT2D eigenvalue weighted by Gasteiger charge is 2.10. The van der Waals surface area contributed by atoms with E-state index in [0.717, 1.165) is 17.7 Å². The number of hydrogen-bond acceptors (Lipinski definition) is 2. The molecule has 0 saturated carbocycles. The van der Waals surface area contributed by atoms with Gasteiger partial charge in [0.1, 0.15) is 12.4 Å². The molecule has 1 N–H and O–H groups in total. The molecule has 1 aromatic rings. The van der Waals surface area contributed by atoms with Gasteiger partial charge in [0.2, 0.25) is 0 Å². The molecule has 0 unspecified atom stereocenters. The van der Waals surface area contributed by atoms with Crippen LogP contribution in [-0.4, -0.2) is 13.2 Å². The zero-order valence-electron chi connectivity index (χ0n) is 10.1. The Balaban J connectivity index is 2.93. The molecule has 2 nitrogen and oxygen atoms in total. The molecule has 0 radical (unpaired) electrons. The maximum absolute atomic E-state index is 6.13. The van der Waals surface area contributed by atoms with Gasteiger partial charge < -0.3 is 10.1 Å². The Labute approximate surface area is 113 Å². The van der Waals surface area contributed by atoms with E-state index in [-0.39, 0.29) is 0 Å². The standard InChI is InChI=1S/C13H17Cl2NO/c1-4-16-7-10-5-11(14)6-12(15)13(10)17-8-9(2)3/h5-6,16H,2,4,7-8H2,1,3H3. The van der Waals surface area contributed by atoms with Crippen molar-refractivity contribution in [1.29, 1.82) is 0 Å². The molecule has 0 saturated heterocycles. The van der Waals surface area contributed by atoms with Crippen molar-refractivity contribution in [1.82, 2.24) is 5.32 Å². The Bertz CT molecular complexity index is 405. The van der Waals surface area contributed by atoms with Gasteiger partial charge in [0.15, 0.2) is 0 Å². The summed E-state index contributed by atoms with van der Waals surface area (Å²) in [7, 11) is 0. The average Bonchev–Trinajstić information content (AvgIpc) is 2.24. The molecule has 94 valence electrons. The molecular formula is C13H17Cl2NO. The molecule has 0 aliphatic rings. The van der Waals surface area contributed by atoms with E-state index >= 15 is 0 Å². The molecule has 0 fully saturated rings. The number of hydrogen-bond donors (Lipinski definition) is 1. The summed E-state index contributed by atoms with van der Waals surface area (Å²) in [6.45, 7) is 9.77. The van der Waals surface area contributed by atoms with E-state index in [9.17, 15) is 0 Å². The fourth-order valence-electron chi connectivity index (χ4n) is 1.36. The zero-order chi connectivity index (χ0) is 12.8. The zero-order valence-corrected chi connectivity index (χ0v) is 11.7. The third-order valence-electron chi connectivity index (χ3n) is 2.11. The molecule has 4 heteroatoms. The smallest absolute Gasteiger partial charge is 0.142 e. The minimum absolute atomic E-state index is 0.459. The Hall–Kier alpha value is -0.700. The lowest BCUT2D eigenvalue weighted by Crippen LogP contribution is -2.13. The predicted molar refractivity (Wildman–Crippen MR) is 74.2 cm³/mol. The van der Waals surface area contributed by atoms with E-state index in [0.29, 0.717) is 28.9 Å². The van der Waals surface area contributed by atoms with Gasteiger partial charge >= 0.3 is 0 Å². The topological polar surface area (TPSA) is 21.3 Å². The molecule has 0 heterocycles. The SMILES string of the molecule is C=C(C)COc1c(Cl)cc(Cl)cc1CNCC. The quantitative estimate of drug-likeness (QED) is 0.790. The molecule has 0 aliphatic heterocycles. The Kier molecular flexibility index (Phi) is 5.83. The maximum Gasteiger partial charge on any atom is 0.142 e. The highest BCUT2D eigenvalue weighted by molar-refractivity contribution is 6.35. The van der Waals surface area contributed by atoms with Crippen molar-refractivity contribution in [3.05, 3.63) is 39.9 Å². The maximum atomic E-state index is 6.13. The van der Waals surface area contributed by atoms with Gasteiger partial charge in [-0.3, -0.25) is 0 Å². The summed E-state index contributed by atoms with van der Waals surface area (Å²) < 4.78 is 5.65.